The summed E-state index contributed by atoms with van der Waals surface area (Å²) >= 11 is 23.1. The van der Waals surface area contributed by atoms with Gasteiger partial charge in [-0.1, -0.05) is 151 Å². The van der Waals surface area contributed by atoms with Crippen LogP contribution in [-0.2, 0) is 17.6 Å². The number of H-pyrrole nitrogens is 2. The summed E-state index contributed by atoms with van der Waals surface area (Å²) in [6.45, 7) is 5.89. The van der Waals surface area contributed by atoms with Gasteiger partial charge >= 0.3 is 6.09 Å². The SMILES string of the molecule is C.C.CC(C)(C)OC(=O)NCCc1cnc(-c2ccc(Cl)cc2)[nH]1.IC(I)I.ICI.O=[N+]([O-])CCc1cnc(-c2ccc(Cl)cc2)[nH]1. The normalized spacial score (nSPS) is 9.98. The molecule has 0 spiro atoms. The van der Waals surface area contributed by atoms with Crippen LogP contribution in [0.4, 0.5) is 4.79 Å². The number of carbonyl (C=O) groups is 1. The highest BCUT2D eigenvalue weighted by Gasteiger charge is 2.15. The molecular weight excluding hydrogens is 1230 g/mol. The maximum atomic E-state index is 11.5. The molecule has 1 amide bonds. The number of ether oxygens (including phenoxy) is 1. The van der Waals surface area contributed by atoms with E-state index in [1.165, 1.54) is 2.43 Å². The van der Waals surface area contributed by atoms with Gasteiger partial charge in [0.2, 0.25) is 6.54 Å². The summed E-state index contributed by atoms with van der Waals surface area (Å²) in [7, 11) is 0. The lowest BCUT2D eigenvalue weighted by Crippen LogP contribution is -2.33. The molecule has 0 aliphatic carbocycles. The van der Waals surface area contributed by atoms with Crippen molar-refractivity contribution in [3.05, 3.63) is 92.5 Å². The Labute approximate surface area is 362 Å². The minimum absolute atomic E-state index is 0. The van der Waals surface area contributed by atoms with E-state index in [-0.39, 0.29) is 26.3 Å². The summed E-state index contributed by atoms with van der Waals surface area (Å²) in [4.78, 5) is 36.2. The van der Waals surface area contributed by atoms with Crippen LogP contribution in [0.2, 0.25) is 10.0 Å². The monoisotopic (exact) mass is 1270 g/mol. The van der Waals surface area contributed by atoms with E-state index in [2.05, 4.69) is 138 Å². The lowest BCUT2D eigenvalue weighted by Gasteiger charge is -2.19. The third-order valence-electron chi connectivity index (χ3n) is 5.12. The van der Waals surface area contributed by atoms with Crippen LogP contribution < -0.4 is 5.32 Å². The quantitative estimate of drug-likeness (QED) is 0.0695. The Morgan fingerprint density at radius 1 is 0.875 bits per heavy atom. The van der Waals surface area contributed by atoms with E-state index in [9.17, 15) is 14.9 Å². The summed E-state index contributed by atoms with van der Waals surface area (Å²) in [6.07, 6.45) is 3.98. The molecule has 2 aromatic carbocycles. The van der Waals surface area contributed by atoms with Crippen molar-refractivity contribution in [3.8, 4) is 22.8 Å². The van der Waals surface area contributed by atoms with E-state index >= 15 is 0 Å². The molecule has 0 fully saturated rings. The molecule has 2 aromatic heterocycles. The van der Waals surface area contributed by atoms with Gasteiger partial charge < -0.3 is 20.0 Å². The third-order valence-corrected chi connectivity index (χ3v) is 5.62. The first-order valence-corrected chi connectivity index (χ1v) is 20.9. The van der Waals surface area contributed by atoms with Gasteiger partial charge in [0, 0.05) is 62.8 Å². The molecule has 0 saturated heterocycles. The van der Waals surface area contributed by atoms with Crippen molar-refractivity contribution in [1.82, 2.24) is 25.3 Å². The van der Waals surface area contributed by atoms with Gasteiger partial charge in [-0.3, -0.25) is 10.1 Å². The number of aromatic amines is 2. The van der Waals surface area contributed by atoms with E-state index in [1.54, 1.807) is 24.5 Å². The Morgan fingerprint density at radius 3 is 1.60 bits per heavy atom. The van der Waals surface area contributed by atoms with Gasteiger partial charge in [0.25, 0.3) is 0 Å². The van der Waals surface area contributed by atoms with E-state index in [4.69, 9.17) is 27.9 Å². The van der Waals surface area contributed by atoms with Crippen LogP contribution in [0.5, 0.6) is 0 Å². The molecule has 0 aliphatic heterocycles. The van der Waals surface area contributed by atoms with Gasteiger partial charge in [-0.15, -0.1) is 0 Å². The fourth-order valence-corrected chi connectivity index (χ4v) is 3.56. The molecule has 0 bridgehead atoms. The van der Waals surface area contributed by atoms with E-state index in [0.29, 0.717) is 35.3 Å². The molecule has 0 atom stereocenters. The molecular formula is C31H41Cl2I5N6O4. The number of aromatic nitrogens is 4. The highest BCUT2D eigenvalue weighted by atomic mass is 127. The second-order valence-electron chi connectivity index (χ2n) is 9.86. The summed E-state index contributed by atoms with van der Waals surface area (Å²) < 4.78 is 7.11. The summed E-state index contributed by atoms with van der Waals surface area (Å²) in [5.41, 5.74) is 3.09. The van der Waals surface area contributed by atoms with Gasteiger partial charge in [0.05, 0.1) is 8.86 Å². The van der Waals surface area contributed by atoms with Crippen molar-refractivity contribution < 1.29 is 14.5 Å². The average Bonchev–Trinajstić information content (AvgIpc) is 3.63. The first-order chi connectivity index (χ1) is 21.6. The number of nitro groups is 1. The Morgan fingerprint density at radius 2 is 1.25 bits per heavy atom. The number of alkyl halides is 5. The average molecular weight is 1270 g/mol. The van der Waals surface area contributed by atoms with Crippen LogP contribution in [0.25, 0.3) is 22.8 Å². The molecule has 17 heteroatoms. The van der Waals surface area contributed by atoms with Gasteiger partial charge in [-0.2, -0.15) is 0 Å². The smallest absolute Gasteiger partial charge is 0.407 e. The first kappa shape index (κ1) is 49.9. The fraction of sp³-hybridized carbons (Fsp3) is 0.387. The van der Waals surface area contributed by atoms with Crippen LogP contribution in [0.3, 0.4) is 0 Å². The van der Waals surface area contributed by atoms with Crippen LogP contribution in [0, 0.1) is 10.1 Å². The summed E-state index contributed by atoms with van der Waals surface area (Å²) in [5.74, 6) is 1.48. The second kappa shape index (κ2) is 27.4. The van der Waals surface area contributed by atoms with Crippen molar-refractivity contribution in [3.63, 3.8) is 0 Å². The predicted octanol–water partition coefficient (Wildman–Crippen LogP) is 12.0. The van der Waals surface area contributed by atoms with Gasteiger partial charge in [-0.05, 0) is 69.3 Å². The summed E-state index contributed by atoms with van der Waals surface area (Å²) in [5, 5.41) is 14.3. The number of alkyl carbamates (subject to hydrolysis) is 1. The zero-order valence-electron chi connectivity index (χ0n) is 25.0. The van der Waals surface area contributed by atoms with E-state index < -0.39 is 11.7 Å². The number of imidazole rings is 2. The topological polar surface area (TPSA) is 139 Å². The molecule has 4 aromatic rings. The number of rotatable bonds is 8. The van der Waals surface area contributed by atoms with Crippen molar-refractivity contribution in [2.75, 3.05) is 15.5 Å². The van der Waals surface area contributed by atoms with Crippen LogP contribution in [-0.4, -0.2) is 52.0 Å². The van der Waals surface area contributed by atoms with Crippen molar-refractivity contribution in [1.29, 1.82) is 0 Å². The number of hydrogen-bond donors (Lipinski definition) is 3. The van der Waals surface area contributed by atoms with Crippen LogP contribution >= 0.6 is 136 Å². The molecule has 10 nitrogen and oxygen atoms in total. The van der Waals surface area contributed by atoms with Gasteiger partial charge in [-0.25, -0.2) is 14.8 Å². The highest BCUT2D eigenvalue weighted by molar-refractivity contribution is 14.3. The zero-order chi connectivity index (χ0) is 34.7. The number of amides is 1. The standard InChI is InChI=1S/C16H20ClN3O2.C11H10ClN3O2.CHI3.CH2I2.2CH4/c1-16(2,3)22-15(21)18-9-8-13-10-19-14(20-13)11-4-6-12(17)7-5-11;12-9-3-1-8(2-4-9)11-13-7-10(14-11)5-6-15(16)17;2-1(3)4;2-1-3;;/h4-7,10H,8-9H2,1-3H3,(H,18,21)(H,19,20);1-4,7H,5-6H2,(H,13,14);1H;1H2;2*1H4. The molecule has 4 rings (SSSR count). The Bertz CT molecular complexity index is 1450. The lowest BCUT2D eigenvalue weighted by molar-refractivity contribution is -0.479. The minimum atomic E-state index is -0.486. The molecule has 0 radical (unpaired) electrons. The molecule has 0 aliphatic rings. The van der Waals surface area contributed by atoms with Crippen molar-refractivity contribution in [2.45, 2.75) is 54.0 Å². The van der Waals surface area contributed by atoms with Gasteiger partial charge in [0.15, 0.2) is 0 Å². The van der Waals surface area contributed by atoms with Crippen LogP contribution in [0.1, 0.15) is 47.0 Å². The number of hydrogen-bond acceptors (Lipinski definition) is 6. The number of halogens is 7. The molecule has 0 saturated carbocycles. The second-order valence-corrected chi connectivity index (χ2v) is 26.1. The maximum Gasteiger partial charge on any atom is 0.407 e. The minimum Gasteiger partial charge on any atom is -0.444 e. The summed E-state index contributed by atoms with van der Waals surface area (Å²) in [6, 6.07) is 14.7. The van der Waals surface area contributed by atoms with E-state index in [0.717, 1.165) is 28.3 Å². The lowest BCUT2D eigenvalue weighted by atomic mass is 10.2. The molecule has 3 N–H and O–H groups in total. The fourth-order valence-electron chi connectivity index (χ4n) is 3.31. The van der Waals surface area contributed by atoms with E-state index in [1.807, 2.05) is 57.2 Å². The number of benzene rings is 2. The molecule has 268 valence electrons. The van der Waals surface area contributed by atoms with Crippen molar-refractivity contribution in [2.24, 2.45) is 0 Å². The zero-order valence-corrected chi connectivity index (χ0v) is 37.3. The molecule has 48 heavy (non-hydrogen) atoms. The predicted molar refractivity (Wildman–Crippen MR) is 244 cm³/mol. The number of carbonyl (C=O) groups excluding carboxylic acids is 1. The first-order valence-electron chi connectivity index (χ1n) is 13.4. The molecule has 0 unspecified atom stereocenters. The maximum absolute atomic E-state index is 11.5. The molecule has 2 heterocycles. The largest absolute Gasteiger partial charge is 0.444 e. The Balaban J connectivity index is 0. The Kier molecular flexibility index (Phi) is 28.5. The number of nitrogens with zero attached hydrogens (tertiary/aromatic N) is 3. The highest BCUT2D eigenvalue weighted by Crippen LogP contribution is 2.20. The third kappa shape index (κ3) is 24.0. The number of nitrogens with one attached hydrogen (secondary N) is 3. The Hall–Kier alpha value is -0.240. The van der Waals surface area contributed by atoms with Crippen molar-refractivity contribution >= 4 is 142 Å². The van der Waals surface area contributed by atoms with Crippen LogP contribution in [0.15, 0.2) is 60.9 Å². The van der Waals surface area contributed by atoms with Gasteiger partial charge in [0.1, 0.15) is 17.2 Å².